The van der Waals surface area contributed by atoms with E-state index in [9.17, 15) is 18.0 Å². The minimum Gasteiger partial charge on any atom is -0.478 e. The number of benzene rings is 1. The van der Waals surface area contributed by atoms with Gasteiger partial charge in [-0.1, -0.05) is 25.6 Å². The normalized spacial score (nSPS) is 11.8. The van der Waals surface area contributed by atoms with E-state index in [1.165, 1.54) is 28.4 Å². The van der Waals surface area contributed by atoms with Gasteiger partial charge in [-0.25, -0.2) is 9.78 Å². The molecule has 1 N–H and O–H groups in total. The summed E-state index contributed by atoms with van der Waals surface area (Å²) in [6.45, 7) is 6.28. The summed E-state index contributed by atoms with van der Waals surface area (Å²) >= 11 is 1.26. The Labute approximate surface area is 176 Å². The van der Waals surface area contributed by atoms with Gasteiger partial charge < -0.3 is 5.11 Å². The fourth-order valence-electron chi connectivity index (χ4n) is 2.49. The SMILES string of the molecule is C[Si](C)(C)C#Cc1cc(-c2csc(Cn3cc(C(=O)O)cn3)n2)cc(C(F)(F)F)c1. The average Bonchev–Trinajstić information content (AvgIpc) is 3.28. The Kier molecular flexibility index (Phi) is 5.87. The first kappa shape index (κ1) is 21.8. The van der Waals surface area contributed by atoms with E-state index in [0.29, 0.717) is 21.8 Å². The quantitative estimate of drug-likeness (QED) is 0.450. The molecule has 3 aromatic rings. The van der Waals surface area contributed by atoms with Crippen molar-refractivity contribution in [3.05, 3.63) is 57.7 Å². The molecule has 0 amide bonds. The van der Waals surface area contributed by atoms with Gasteiger partial charge in [0.25, 0.3) is 0 Å². The molecule has 2 aromatic heterocycles. The highest BCUT2D eigenvalue weighted by Gasteiger charge is 2.31. The van der Waals surface area contributed by atoms with Gasteiger partial charge in [-0.15, -0.1) is 16.9 Å². The molecule has 0 spiro atoms. The number of aromatic carboxylic acids is 1. The summed E-state index contributed by atoms with van der Waals surface area (Å²) in [7, 11) is -1.75. The number of aromatic nitrogens is 3. The predicted octanol–water partition coefficient (Wildman–Crippen LogP) is 5.00. The molecular weight excluding hydrogens is 431 g/mol. The molecule has 5 nitrogen and oxygen atoms in total. The van der Waals surface area contributed by atoms with Gasteiger partial charge in [0.1, 0.15) is 13.1 Å². The van der Waals surface area contributed by atoms with Crippen molar-refractivity contribution in [3.8, 4) is 22.7 Å². The molecule has 30 heavy (non-hydrogen) atoms. The van der Waals surface area contributed by atoms with Crippen LogP contribution >= 0.6 is 11.3 Å². The van der Waals surface area contributed by atoms with Crippen molar-refractivity contribution in [2.75, 3.05) is 0 Å². The van der Waals surface area contributed by atoms with Crippen LogP contribution in [0.1, 0.15) is 26.5 Å². The Morgan fingerprint density at radius 3 is 2.60 bits per heavy atom. The lowest BCUT2D eigenvalue weighted by atomic mass is 10.0. The predicted molar refractivity (Wildman–Crippen MR) is 111 cm³/mol. The fraction of sp³-hybridized carbons (Fsp3) is 0.250. The Hall–Kier alpha value is -2.90. The van der Waals surface area contributed by atoms with E-state index >= 15 is 0 Å². The van der Waals surface area contributed by atoms with Gasteiger partial charge in [0.05, 0.1) is 29.6 Å². The van der Waals surface area contributed by atoms with E-state index in [4.69, 9.17) is 5.11 Å². The molecule has 0 aliphatic rings. The Bertz CT molecular complexity index is 1150. The third-order valence-electron chi connectivity index (χ3n) is 3.87. The van der Waals surface area contributed by atoms with Gasteiger partial charge in [0, 0.05) is 22.7 Å². The molecule has 0 aliphatic heterocycles. The average molecular weight is 450 g/mol. The first-order chi connectivity index (χ1) is 13.9. The van der Waals surface area contributed by atoms with Crippen LogP contribution in [0, 0.1) is 11.5 Å². The van der Waals surface area contributed by atoms with E-state index in [-0.39, 0.29) is 12.1 Å². The number of carboxylic acid groups (broad SMARTS) is 1. The van der Waals surface area contributed by atoms with Crippen molar-refractivity contribution in [2.45, 2.75) is 32.4 Å². The summed E-state index contributed by atoms with van der Waals surface area (Å²) in [4.78, 5) is 15.4. The monoisotopic (exact) mass is 449 g/mol. The molecule has 0 saturated heterocycles. The van der Waals surface area contributed by atoms with Crippen molar-refractivity contribution in [1.29, 1.82) is 0 Å². The summed E-state index contributed by atoms with van der Waals surface area (Å²) in [5.74, 6) is 1.80. The molecular formula is C20H18F3N3O2SSi. The maximum atomic E-state index is 13.4. The molecule has 1 aromatic carbocycles. The lowest BCUT2D eigenvalue weighted by Gasteiger charge is -2.10. The van der Waals surface area contributed by atoms with Crippen molar-refractivity contribution in [1.82, 2.24) is 14.8 Å². The van der Waals surface area contributed by atoms with Gasteiger partial charge in [-0.2, -0.15) is 18.3 Å². The van der Waals surface area contributed by atoms with Crippen LogP contribution in [-0.2, 0) is 12.7 Å². The second-order valence-electron chi connectivity index (χ2n) is 7.66. The molecule has 0 atom stereocenters. The molecule has 0 saturated carbocycles. The number of halogens is 3. The minimum absolute atomic E-state index is 0.0512. The van der Waals surface area contributed by atoms with Crippen LogP contribution in [-0.4, -0.2) is 33.9 Å². The maximum Gasteiger partial charge on any atom is 0.416 e. The van der Waals surface area contributed by atoms with Crippen LogP contribution < -0.4 is 0 Å². The minimum atomic E-state index is -4.49. The summed E-state index contributed by atoms with van der Waals surface area (Å²) in [6.07, 6.45) is -1.89. The Morgan fingerprint density at radius 2 is 2.00 bits per heavy atom. The van der Waals surface area contributed by atoms with E-state index in [1.54, 1.807) is 11.4 Å². The van der Waals surface area contributed by atoms with E-state index in [0.717, 1.165) is 12.1 Å². The molecule has 0 bridgehead atoms. The topological polar surface area (TPSA) is 68.0 Å². The van der Waals surface area contributed by atoms with Crippen molar-refractivity contribution in [2.24, 2.45) is 0 Å². The standard InChI is InChI=1S/C20H18F3N3O2SSi/c1-30(2,3)5-4-13-6-14(8-16(7-13)20(21,22)23)17-12-29-18(25-17)11-26-10-15(9-24-26)19(27)28/h6-10,12H,11H2,1-3H3,(H,27,28). The summed E-state index contributed by atoms with van der Waals surface area (Å²) in [5.41, 5.74) is 3.41. The second-order valence-corrected chi connectivity index (χ2v) is 13.3. The molecule has 10 heteroatoms. The number of thiazole rings is 1. The zero-order chi connectivity index (χ0) is 22.1. The van der Waals surface area contributed by atoms with E-state index in [2.05, 4.69) is 21.5 Å². The third-order valence-corrected chi connectivity index (χ3v) is 5.58. The molecule has 0 unspecified atom stereocenters. The second kappa shape index (κ2) is 8.08. The maximum absolute atomic E-state index is 13.4. The molecule has 156 valence electrons. The zero-order valence-corrected chi connectivity index (χ0v) is 18.2. The number of nitrogens with zero attached hydrogens (tertiary/aromatic N) is 3. The van der Waals surface area contributed by atoms with Gasteiger partial charge in [-0.3, -0.25) is 4.68 Å². The largest absolute Gasteiger partial charge is 0.478 e. The highest BCUT2D eigenvalue weighted by Crippen LogP contribution is 2.33. The molecule has 0 radical (unpaired) electrons. The third kappa shape index (κ3) is 5.58. The van der Waals surface area contributed by atoms with E-state index < -0.39 is 25.8 Å². The Morgan fingerprint density at radius 1 is 1.27 bits per heavy atom. The first-order valence-corrected chi connectivity index (χ1v) is 13.2. The fourth-order valence-corrected chi connectivity index (χ4v) is 3.80. The number of rotatable bonds is 4. The highest BCUT2D eigenvalue weighted by molar-refractivity contribution is 7.09. The van der Waals surface area contributed by atoms with Crippen LogP contribution in [0.15, 0.2) is 36.0 Å². The van der Waals surface area contributed by atoms with Crippen molar-refractivity contribution in [3.63, 3.8) is 0 Å². The van der Waals surface area contributed by atoms with Crippen molar-refractivity contribution >= 4 is 25.4 Å². The first-order valence-electron chi connectivity index (χ1n) is 8.87. The zero-order valence-electron chi connectivity index (χ0n) is 16.4. The highest BCUT2D eigenvalue weighted by atomic mass is 32.1. The van der Waals surface area contributed by atoms with Crippen LogP contribution in [0.4, 0.5) is 13.2 Å². The number of alkyl halides is 3. The number of hydrogen-bond acceptors (Lipinski definition) is 4. The molecule has 0 fully saturated rings. The molecule has 3 rings (SSSR count). The smallest absolute Gasteiger partial charge is 0.416 e. The summed E-state index contributed by atoms with van der Waals surface area (Å²) in [6, 6.07) is 3.73. The lowest BCUT2D eigenvalue weighted by Crippen LogP contribution is -2.16. The molecule has 0 aliphatic carbocycles. The summed E-state index contributed by atoms with van der Waals surface area (Å²) < 4.78 is 41.6. The lowest BCUT2D eigenvalue weighted by molar-refractivity contribution is -0.137. The van der Waals surface area contributed by atoms with Crippen LogP contribution in [0.3, 0.4) is 0 Å². The Balaban J connectivity index is 1.94. The van der Waals surface area contributed by atoms with Gasteiger partial charge in [0.2, 0.25) is 0 Å². The van der Waals surface area contributed by atoms with E-state index in [1.807, 2.05) is 19.6 Å². The summed E-state index contributed by atoms with van der Waals surface area (Å²) in [5, 5.41) is 15.2. The van der Waals surface area contributed by atoms with Crippen LogP contribution in [0.5, 0.6) is 0 Å². The molecule has 2 heterocycles. The van der Waals surface area contributed by atoms with Crippen molar-refractivity contribution < 1.29 is 23.1 Å². The van der Waals surface area contributed by atoms with Gasteiger partial charge in [-0.05, 0) is 18.2 Å². The number of carboxylic acids is 1. The number of carbonyl (C=O) groups is 1. The van der Waals surface area contributed by atoms with Gasteiger partial charge >= 0.3 is 12.1 Å². The van der Waals surface area contributed by atoms with Crippen LogP contribution in [0.25, 0.3) is 11.3 Å². The van der Waals surface area contributed by atoms with Crippen LogP contribution in [0.2, 0.25) is 19.6 Å². The number of hydrogen-bond donors (Lipinski definition) is 1. The van der Waals surface area contributed by atoms with Gasteiger partial charge in [0.15, 0.2) is 0 Å².